The van der Waals surface area contributed by atoms with E-state index in [2.05, 4.69) is 27.7 Å². The maximum atomic E-state index is 12.9. The molecule has 0 amide bonds. The Bertz CT molecular complexity index is 565. The molecule has 4 nitrogen and oxygen atoms in total. The molecule has 0 atom stereocenters. The third-order valence-corrected chi connectivity index (χ3v) is 20.8. The van der Waals surface area contributed by atoms with Gasteiger partial charge in [0.1, 0.15) is 0 Å². The van der Waals surface area contributed by atoms with E-state index in [-0.39, 0.29) is 11.2 Å². The van der Waals surface area contributed by atoms with Gasteiger partial charge in [-0.2, -0.15) is 0 Å². The van der Waals surface area contributed by atoms with E-state index in [9.17, 15) is 4.79 Å². The first-order chi connectivity index (χ1) is 12.5. The SMILES string of the molecule is CCC[CH2][Sn]([CH2]CCC)([CH2]CCC)[n]1nc(C2(C)CCCCC2)oc1=O. The molecule has 1 aliphatic rings. The van der Waals surface area contributed by atoms with Gasteiger partial charge < -0.3 is 0 Å². The van der Waals surface area contributed by atoms with Gasteiger partial charge in [-0.3, -0.25) is 0 Å². The number of unbranched alkanes of at least 4 members (excludes halogenated alkanes) is 3. The van der Waals surface area contributed by atoms with Gasteiger partial charge in [-0.1, -0.05) is 0 Å². The zero-order valence-electron chi connectivity index (χ0n) is 17.6. The van der Waals surface area contributed by atoms with Crippen LogP contribution in [-0.4, -0.2) is 26.7 Å². The van der Waals surface area contributed by atoms with Crippen LogP contribution in [0.4, 0.5) is 0 Å². The molecule has 0 aliphatic heterocycles. The van der Waals surface area contributed by atoms with Crippen molar-refractivity contribution >= 4 is 18.7 Å². The van der Waals surface area contributed by atoms with Crippen molar-refractivity contribution in [2.45, 2.75) is 117 Å². The van der Waals surface area contributed by atoms with Crippen LogP contribution in [0.3, 0.4) is 0 Å². The van der Waals surface area contributed by atoms with Crippen molar-refractivity contribution in [1.82, 2.24) is 8.00 Å². The summed E-state index contributed by atoms with van der Waals surface area (Å²) in [4.78, 5) is 12.9. The third kappa shape index (κ3) is 5.17. The van der Waals surface area contributed by atoms with Gasteiger partial charge in [0.2, 0.25) is 0 Å². The predicted molar refractivity (Wildman–Crippen MR) is 111 cm³/mol. The Morgan fingerprint density at radius 1 is 0.962 bits per heavy atom. The maximum absolute atomic E-state index is 12.9. The zero-order valence-corrected chi connectivity index (χ0v) is 20.5. The van der Waals surface area contributed by atoms with Crippen LogP contribution >= 0.6 is 0 Å². The molecule has 1 aliphatic carbocycles. The van der Waals surface area contributed by atoms with E-state index in [1.165, 1.54) is 71.1 Å². The summed E-state index contributed by atoms with van der Waals surface area (Å²) in [5.41, 5.74) is -0.0272. The second-order valence-electron chi connectivity index (χ2n) is 8.74. The molecule has 0 saturated heterocycles. The summed E-state index contributed by atoms with van der Waals surface area (Å²) in [6.45, 7) is 9.03. The summed E-state index contributed by atoms with van der Waals surface area (Å²) in [6.07, 6.45) is 13.3. The van der Waals surface area contributed by atoms with E-state index in [0.29, 0.717) is 0 Å². The Labute approximate surface area is 164 Å². The molecule has 26 heavy (non-hydrogen) atoms. The molecular weight excluding hydrogens is 431 g/mol. The van der Waals surface area contributed by atoms with Gasteiger partial charge in [0.25, 0.3) is 0 Å². The molecular formula is C21H40N2O2Sn. The number of aromatic nitrogens is 2. The molecule has 0 aromatic carbocycles. The second kappa shape index (κ2) is 10.3. The fourth-order valence-corrected chi connectivity index (χ4v) is 19.3. The molecule has 0 bridgehead atoms. The van der Waals surface area contributed by atoms with Crippen molar-refractivity contribution in [3.8, 4) is 0 Å². The van der Waals surface area contributed by atoms with Crippen LogP contribution in [0.15, 0.2) is 9.21 Å². The van der Waals surface area contributed by atoms with Crippen molar-refractivity contribution < 1.29 is 4.42 Å². The number of nitrogens with zero attached hydrogens (tertiary/aromatic N) is 2. The normalized spacial score (nSPS) is 17.5. The average molecular weight is 471 g/mol. The summed E-state index contributed by atoms with van der Waals surface area (Å²) in [5.74, 6) is 0.610. The van der Waals surface area contributed by atoms with Crippen LogP contribution in [0.25, 0.3) is 0 Å². The van der Waals surface area contributed by atoms with Gasteiger partial charge >= 0.3 is 165 Å². The van der Waals surface area contributed by atoms with Crippen molar-refractivity contribution in [3.63, 3.8) is 0 Å². The van der Waals surface area contributed by atoms with Crippen LogP contribution in [0.2, 0.25) is 13.3 Å². The molecule has 150 valence electrons. The number of rotatable bonds is 11. The van der Waals surface area contributed by atoms with Crippen LogP contribution < -0.4 is 5.76 Å². The molecule has 1 saturated carbocycles. The topological polar surface area (TPSA) is 48.0 Å². The molecule has 1 fully saturated rings. The second-order valence-corrected chi connectivity index (χ2v) is 21.2. The van der Waals surface area contributed by atoms with Gasteiger partial charge in [0, 0.05) is 0 Å². The van der Waals surface area contributed by atoms with Gasteiger partial charge in [-0.15, -0.1) is 0 Å². The van der Waals surface area contributed by atoms with E-state index in [1.54, 1.807) is 0 Å². The molecule has 2 rings (SSSR count). The first-order valence-electron chi connectivity index (χ1n) is 11.1. The monoisotopic (exact) mass is 472 g/mol. The quantitative estimate of drug-likeness (QED) is 0.359. The Hall–Kier alpha value is -0.261. The van der Waals surface area contributed by atoms with Crippen LogP contribution in [-0.2, 0) is 5.41 Å². The van der Waals surface area contributed by atoms with E-state index >= 15 is 0 Å². The standard InChI is InChI=1S/C9H14N2O2.3C4H9.Sn/c1-9(5-3-2-4-6-9)7-10-11-8(12)13-7;3*1-3-4-2;/h2-6H2,1H3,(H,11,12);3*1,3-4H2,2H3;/q;;;;+1/p-1. The summed E-state index contributed by atoms with van der Waals surface area (Å²) in [6, 6.07) is 0. The van der Waals surface area contributed by atoms with Crippen LogP contribution in [0.1, 0.15) is 104 Å². The first-order valence-corrected chi connectivity index (χ1v) is 18.5. The molecule has 0 N–H and O–H groups in total. The molecule has 5 heteroatoms. The molecule has 0 radical (unpaired) electrons. The van der Waals surface area contributed by atoms with Crippen molar-refractivity contribution in [3.05, 3.63) is 16.4 Å². The van der Waals surface area contributed by atoms with E-state index in [0.717, 1.165) is 18.7 Å². The van der Waals surface area contributed by atoms with Crippen LogP contribution in [0, 0.1) is 0 Å². The Balaban J connectivity index is 2.40. The fraction of sp³-hybridized carbons (Fsp3) is 0.905. The number of hydrogen-bond acceptors (Lipinski definition) is 3. The fourth-order valence-electron chi connectivity index (χ4n) is 4.58. The Kier molecular flexibility index (Phi) is 8.75. The van der Waals surface area contributed by atoms with Crippen LogP contribution in [0.5, 0.6) is 0 Å². The van der Waals surface area contributed by atoms with Gasteiger partial charge in [-0.25, -0.2) is 0 Å². The minimum absolute atomic E-state index is 0.0272. The van der Waals surface area contributed by atoms with E-state index in [4.69, 9.17) is 9.52 Å². The van der Waals surface area contributed by atoms with E-state index < -0.39 is 18.7 Å². The van der Waals surface area contributed by atoms with E-state index in [1.807, 2.05) is 2.90 Å². The minimum atomic E-state index is -2.87. The summed E-state index contributed by atoms with van der Waals surface area (Å²) in [7, 11) is 0. The first kappa shape index (κ1) is 22.0. The predicted octanol–water partition coefficient (Wildman–Crippen LogP) is 6.25. The molecule has 1 aromatic rings. The van der Waals surface area contributed by atoms with Crippen molar-refractivity contribution in [1.29, 1.82) is 0 Å². The summed E-state index contributed by atoms with van der Waals surface area (Å²) in [5, 5.41) is 4.97. The molecule has 0 unspecified atom stereocenters. The van der Waals surface area contributed by atoms with Crippen molar-refractivity contribution in [2.75, 3.05) is 0 Å². The Morgan fingerprint density at radius 2 is 1.46 bits per heavy atom. The van der Waals surface area contributed by atoms with Gasteiger partial charge in [0.15, 0.2) is 0 Å². The summed E-state index contributed by atoms with van der Waals surface area (Å²) >= 11 is -2.87. The van der Waals surface area contributed by atoms with Gasteiger partial charge in [0.05, 0.1) is 0 Å². The van der Waals surface area contributed by atoms with Crippen molar-refractivity contribution in [2.24, 2.45) is 0 Å². The Morgan fingerprint density at radius 3 is 1.92 bits per heavy atom. The molecule has 1 aromatic heterocycles. The third-order valence-electron chi connectivity index (χ3n) is 6.46. The molecule has 1 heterocycles. The van der Waals surface area contributed by atoms with Gasteiger partial charge in [-0.05, 0) is 0 Å². The average Bonchev–Trinajstić information content (AvgIpc) is 3.05. The summed E-state index contributed by atoms with van der Waals surface area (Å²) < 4.78 is 11.6. The number of hydrogen-bond donors (Lipinski definition) is 0. The molecule has 0 spiro atoms. The zero-order chi connectivity index (χ0) is 19.0.